The number of methoxy groups -OCH3 is 1. The van der Waals surface area contributed by atoms with Crippen LogP contribution in [0.15, 0.2) is 18.2 Å². The number of hydrogen-bond acceptors (Lipinski definition) is 4. The Bertz CT molecular complexity index is 368. The van der Waals surface area contributed by atoms with E-state index in [4.69, 9.17) is 22.4 Å². The molecular weight excluding hydrogens is 218 g/mol. The van der Waals surface area contributed by atoms with Gasteiger partial charge in [-0.2, -0.15) is 0 Å². The van der Waals surface area contributed by atoms with Gasteiger partial charge in [0.25, 0.3) is 0 Å². The molecule has 4 nitrogen and oxygen atoms in total. The fourth-order valence-electron chi connectivity index (χ4n) is 1.15. The quantitative estimate of drug-likeness (QED) is 0.762. The molecule has 82 valence electrons. The maximum Gasteiger partial charge on any atom is 0.339 e. The molecular formula is C10H12ClNO3. The predicted octanol–water partition coefficient (Wildman–Crippen LogP) is 1.12. The van der Waals surface area contributed by atoms with Crippen LogP contribution in [-0.4, -0.2) is 24.8 Å². The normalized spacial score (nSPS) is 12.3. The minimum Gasteiger partial charge on any atom is -0.465 e. The van der Waals surface area contributed by atoms with E-state index in [1.54, 1.807) is 12.1 Å². The van der Waals surface area contributed by atoms with Crippen molar-refractivity contribution in [1.29, 1.82) is 0 Å². The summed E-state index contributed by atoms with van der Waals surface area (Å²) < 4.78 is 4.56. The van der Waals surface area contributed by atoms with Gasteiger partial charge in [-0.3, -0.25) is 0 Å². The lowest BCUT2D eigenvalue weighted by Gasteiger charge is -2.10. The summed E-state index contributed by atoms with van der Waals surface area (Å²) in [4.78, 5) is 11.3. The van der Waals surface area contributed by atoms with Gasteiger partial charge in [-0.15, -0.1) is 0 Å². The second-order valence-electron chi connectivity index (χ2n) is 3.02. The SMILES string of the molecule is COC(=O)c1cc([C@@H](N)CO)ccc1Cl. The summed E-state index contributed by atoms with van der Waals surface area (Å²) in [5.41, 5.74) is 6.50. The van der Waals surface area contributed by atoms with Gasteiger partial charge in [0.05, 0.1) is 30.3 Å². The molecule has 1 atom stereocenters. The summed E-state index contributed by atoms with van der Waals surface area (Å²) in [6, 6.07) is 4.22. The number of halogens is 1. The molecule has 0 aliphatic rings. The predicted molar refractivity (Wildman–Crippen MR) is 56.8 cm³/mol. The number of aliphatic hydroxyl groups excluding tert-OH is 1. The van der Waals surface area contributed by atoms with Gasteiger partial charge in [-0.1, -0.05) is 17.7 Å². The lowest BCUT2D eigenvalue weighted by molar-refractivity contribution is 0.0600. The first kappa shape index (κ1) is 12.0. The van der Waals surface area contributed by atoms with Crippen molar-refractivity contribution in [3.8, 4) is 0 Å². The van der Waals surface area contributed by atoms with E-state index >= 15 is 0 Å². The van der Waals surface area contributed by atoms with E-state index in [2.05, 4.69) is 4.74 Å². The van der Waals surface area contributed by atoms with Crippen molar-refractivity contribution < 1.29 is 14.6 Å². The van der Waals surface area contributed by atoms with Crippen LogP contribution in [0.5, 0.6) is 0 Å². The van der Waals surface area contributed by atoms with Crippen LogP contribution in [-0.2, 0) is 4.74 Å². The second-order valence-corrected chi connectivity index (χ2v) is 3.43. The van der Waals surface area contributed by atoms with Gasteiger partial charge in [0.15, 0.2) is 0 Å². The molecule has 0 saturated heterocycles. The van der Waals surface area contributed by atoms with Gasteiger partial charge < -0.3 is 15.6 Å². The van der Waals surface area contributed by atoms with E-state index in [0.29, 0.717) is 10.6 Å². The lowest BCUT2D eigenvalue weighted by atomic mass is 10.1. The number of benzene rings is 1. The largest absolute Gasteiger partial charge is 0.465 e. The summed E-state index contributed by atoms with van der Waals surface area (Å²) in [6.45, 7) is -0.192. The highest BCUT2D eigenvalue weighted by molar-refractivity contribution is 6.33. The molecule has 3 N–H and O–H groups in total. The van der Waals surface area contributed by atoms with E-state index in [1.807, 2.05) is 0 Å². The Balaban J connectivity index is 3.10. The Morgan fingerprint density at radius 1 is 1.67 bits per heavy atom. The first-order valence-electron chi connectivity index (χ1n) is 4.34. The third-order valence-electron chi connectivity index (χ3n) is 2.02. The van der Waals surface area contributed by atoms with Gasteiger partial charge in [-0.05, 0) is 17.7 Å². The Labute approximate surface area is 92.6 Å². The maximum absolute atomic E-state index is 11.3. The molecule has 0 amide bonds. The monoisotopic (exact) mass is 229 g/mol. The molecule has 0 heterocycles. The smallest absolute Gasteiger partial charge is 0.339 e. The molecule has 0 aromatic heterocycles. The van der Waals surface area contributed by atoms with E-state index < -0.39 is 12.0 Å². The van der Waals surface area contributed by atoms with Gasteiger partial charge >= 0.3 is 5.97 Å². The third kappa shape index (κ3) is 2.68. The molecule has 1 aromatic carbocycles. The van der Waals surface area contributed by atoms with Crippen molar-refractivity contribution in [2.24, 2.45) is 5.73 Å². The van der Waals surface area contributed by atoms with Crippen molar-refractivity contribution >= 4 is 17.6 Å². The number of rotatable bonds is 3. The topological polar surface area (TPSA) is 72.5 Å². The number of esters is 1. The highest BCUT2D eigenvalue weighted by Crippen LogP contribution is 2.21. The molecule has 1 aromatic rings. The van der Waals surface area contributed by atoms with Crippen molar-refractivity contribution in [2.45, 2.75) is 6.04 Å². The van der Waals surface area contributed by atoms with E-state index in [9.17, 15) is 4.79 Å². The first-order valence-corrected chi connectivity index (χ1v) is 4.72. The fourth-order valence-corrected chi connectivity index (χ4v) is 1.34. The van der Waals surface area contributed by atoms with E-state index in [-0.39, 0.29) is 12.2 Å². The number of ether oxygens (including phenoxy) is 1. The standard InChI is InChI=1S/C10H12ClNO3/c1-15-10(14)7-4-6(9(12)5-13)2-3-8(7)11/h2-4,9,13H,5,12H2,1H3/t9-/m0/s1. The molecule has 0 radical (unpaired) electrons. The van der Waals surface area contributed by atoms with Gasteiger partial charge in [-0.25, -0.2) is 4.79 Å². The number of carbonyl (C=O) groups excluding carboxylic acids is 1. The summed E-state index contributed by atoms with van der Waals surface area (Å²) in [5.74, 6) is -0.521. The Kier molecular flexibility index (Phi) is 4.08. The van der Waals surface area contributed by atoms with Crippen LogP contribution in [0.4, 0.5) is 0 Å². The van der Waals surface area contributed by atoms with Crippen LogP contribution < -0.4 is 5.73 Å². The minimum atomic E-state index is -0.523. The van der Waals surface area contributed by atoms with Crippen LogP contribution in [0, 0.1) is 0 Å². The highest BCUT2D eigenvalue weighted by Gasteiger charge is 2.13. The molecule has 0 saturated carbocycles. The molecule has 1 rings (SSSR count). The van der Waals surface area contributed by atoms with Crippen LogP contribution in [0.2, 0.25) is 5.02 Å². The molecule has 0 bridgehead atoms. The van der Waals surface area contributed by atoms with Crippen molar-refractivity contribution in [1.82, 2.24) is 0 Å². The fraction of sp³-hybridized carbons (Fsp3) is 0.300. The maximum atomic E-state index is 11.3. The van der Waals surface area contributed by atoms with E-state index in [1.165, 1.54) is 13.2 Å². The zero-order valence-corrected chi connectivity index (χ0v) is 8.99. The molecule has 0 aliphatic heterocycles. The molecule has 0 spiro atoms. The Morgan fingerprint density at radius 3 is 2.87 bits per heavy atom. The number of aliphatic hydroxyl groups is 1. The average Bonchev–Trinajstić information content (AvgIpc) is 2.27. The molecule has 5 heteroatoms. The van der Waals surface area contributed by atoms with Gasteiger partial charge in [0.2, 0.25) is 0 Å². The highest BCUT2D eigenvalue weighted by atomic mass is 35.5. The van der Waals surface area contributed by atoms with E-state index in [0.717, 1.165) is 0 Å². The summed E-state index contributed by atoms with van der Waals surface area (Å²) in [5, 5.41) is 9.17. The molecule has 0 aliphatic carbocycles. The number of hydrogen-bond donors (Lipinski definition) is 2. The number of carbonyl (C=O) groups is 1. The van der Waals surface area contributed by atoms with Crippen LogP contribution >= 0.6 is 11.6 Å². The summed E-state index contributed by atoms with van der Waals surface area (Å²) in [6.07, 6.45) is 0. The zero-order valence-electron chi connectivity index (χ0n) is 8.24. The van der Waals surface area contributed by atoms with Crippen LogP contribution in [0.3, 0.4) is 0 Å². The van der Waals surface area contributed by atoms with Crippen molar-refractivity contribution in [2.75, 3.05) is 13.7 Å². The average molecular weight is 230 g/mol. The van der Waals surface area contributed by atoms with Gasteiger partial charge in [0.1, 0.15) is 0 Å². The summed E-state index contributed by atoms with van der Waals surface area (Å²) in [7, 11) is 1.28. The lowest BCUT2D eigenvalue weighted by Crippen LogP contribution is -2.15. The summed E-state index contributed by atoms with van der Waals surface area (Å²) >= 11 is 5.81. The van der Waals surface area contributed by atoms with Crippen LogP contribution in [0.25, 0.3) is 0 Å². The second kappa shape index (κ2) is 5.11. The Morgan fingerprint density at radius 2 is 2.33 bits per heavy atom. The molecule has 0 unspecified atom stereocenters. The van der Waals surface area contributed by atoms with Gasteiger partial charge in [0, 0.05) is 0 Å². The van der Waals surface area contributed by atoms with Crippen molar-refractivity contribution in [3.63, 3.8) is 0 Å². The first-order chi connectivity index (χ1) is 7.10. The molecule has 0 fully saturated rings. The minimum absolute atomic E-state index is 0.192. The molecule has 15 heavy (non-hydrogen) atoms. The Hall–Kier alpha value is -1.10. The van der Waals surface area contributed by atoms with Crippen molar-refractivity contribution in [3.05, 3.63) is 34.3 Å². The number of nitrogens with two attached hydrogens (primary N) is 1. The van der Waals surface area contributed by atoms with Crippen LogP contribution in [0.1, 0.15) is 22.0 Å². The third-order valence-corrected chi connectivity index (χ3v) is 2.35. The zero-order chi connectivity index (χ0) is 11.4.